The zero-order valence-corrected chi connectivity index (χ0v) is 12.9. The van der Waals surface area contributed by atoms with Gasteiger partial charge in [-0.15, -0.1) is 23.7 Å². The van der Waals surface area contributed by atoms with E-state index < -0.39 is 0 Å². The minimum Gasteiger partial charge on any atom is -0.375 e. The summed E-state index contributed by atoms with van der Waals surface area (Å²) in [6.45, 7) is 6.94. The zero-order valence-electron chi connectivity index (χ0n) is 11.3. The Bertz CT molecular complexity index is 356. The van der Waals surface area contributed by atoms with Crippen molar-refractivity contribution in [2.45, 2.75) is 52.1 Å². The van der Waals surface area contributed by atoms with Crippen molar-refractivity contribution in [3.63, 3.8) is 0 Å². The van der Waals surface area contributed by atoms with Crippen molar-refractivity contribution in [3.8, 4) is 0 Å². The first kappa shape index (κ1) is 15.7. The first-order valence-corrected chi connectivity index (χ1v) is 7.46. The van der Waals surface area contributed by atoms with Crippen molar-refractivity contribution in [2.75, 3.05) is 12.3 Å². The molecule has 1 saturated heterocycles. The third-order valence-corrected chi connectivity index (χ3v) is 4.56. The SMILES string of the molecule is CCCC1C(C)CCCN1Cc1cnc(N)s1.Cl. The lowest BCUT2D eigenvalue weighted by atomic mass is 9.88. The van der Waals surface area contributed by atoms with Crippen molar-refractivity contribution >= 4 is 28.9 Å². The van der Waals surface area contributed by atoms with Gasteiger partial charge >= 0.3 is 0 Å². The first-order valence-electron chi connectivity index (χ1n) is 6.65. The fourth-order valence-electron chi connectivity index (χ4n) is 2.89. The standard InChI is InChI=1S/C13H23N3S.ClH/c1-3-5-12-10(2)6-4-7-16(12)9-11-8-15-13(14)17-11;/h8,10,12H,3-7,9H2,1-2H3,(H2,14,15);1H. The average Bonchev–Trinajstić information content (AvgIpc) is 2.69. The van der Waals surface area contributed by atoms with E-state index >= 15 is 0 Å². The second-order valence-corrected chi connectivity index (χ2v) is 6.26. The summed E-state index contributed by atoms with van der Waals surface area (Å²) in [7, 11) is 0. The van der Waals surface area contributed by atoms with E-state index in [0.29, 0.717) is 5.13 Å². The number of hydrogen-bond donors (Lipinski definition) is 1. The Kier molecular flexibility index (Phi) is 6.39. The van der Waals surface area contributed by atoms with E-state index in [-0.39, 0.29) is 12.4 Å². The second kappa shape index (κ2) is 7.31. The number of hydrogen-bond acceptors (Lipinski definition) is 4. The van der Waals surface area contributed by atoms with E-state index in [1.807, 2.05) is 6.20 Å². The molecule has 1 aromatic rings. The highest BCUT2D eigenvalue weighted by Crippen LogP contribution is 2.29. The smallest absolute Gasteiger partial charge is 0.180 e. The summed E-state index contributed by atoms with van der Waals surface area (Å²) in [5.41, 5.74) is 5.69. The van der Waals surface area contributed by atoms with Gasteiger partial charge in [0.05, 0.1) is 0 Å². The fraction of sp³-hybridized carbons (Fsp3) is 0.769. The summed E-state index contributed by atoms with van der Waals surface area (Å²) in [4.78, 5) is 8.07. The van der Waals surface area contributed by atoms with Crippen LogP contribution in [0, 0.1) is 5.92 Å². The minimum absolute atomic E-state index is 0. The molecule has 0 amide bonds. The van der Waals surface area contributed by atoms with E-state index in [1.165, 1.54) is 37.1 Å². The molecule has 18 heavy (non-hydrogen) atoms. The van der Waals surface area contributed by atoms with Crippen LogP contribution >= 0.6 is 23.7 Å². The molecule has 0 bridgehead atoms. The fourth-order valence-corrected chi connectivity index (χ4v) is 3.60. The Hall–Kier alpha value is -0.320. The predicted molar refractivity (Wildman–Crippen MR) is 81.3 cm³/mol. The van der Waals surface area contributed by atoms with Crippen LogP contribution < -0.4 is 5.73 Å². The molecule has 5 heteroatoms. The lowest BCUT2D eigenvalue weighted by molar-refractivity contribution is 0.0873. The van der Waals surface area contributed by atoms with Crippen molar-refractivity contribution in [3.05, 3.63) is 11.1 Å². The Balaban J connectivity index is 0.00000162. The Labute approximate surface area is 120 Å². The molecule has 104 valence electrons. The van der Waals surface area contributed by atoms with Crippen molar-refractivity contribution in [1.29, 1.82) is 0 Å². The van der Waals surface area contributed by atoms with E-state index in [9.17, 15) is 0 Å². The molecule has 2 rings (SSSR count). The minimum atomic E-state index is 0. The molecule has 0 aliphatic carbocycles. The quantitative estimate of drug-likeness (QED) is 0.922. The molecule has 2 atom stereocenters. The summed E-state index contributed by atoms with van der Waals surface area (Å²) in [5, 5.41) is 0.692. The van der Waals surface area contributed by atoms with Crippen LogP contribution in [0.1, 0.15) is 44.4 Å². The highest BCUT2D eigenvalue weighted by molar-refractivity contribution is 7.15. The van der Waals surface area contributed by atoms with E-state index in [1.54, 1.807) is 11.3 Å². The van der Waals surface area contributed by atoms with Gasteiger partial charge in [-0.25, -0.2) is 4.98 Å². The molecule has 3 nitrogen and oxygen atoms in total. The van der Waals surface area contributed by atoms with Gasteiger partial charge in [-0.05, 0) is 31.7 Å². The van der Waals surface area contributed by atoms with E-state index in [0.717, 1.165) is 18.5 Å². The largest absolute Gasteiger partial charge is 0.375 e. The lowest BCUT2D eigenvalue weighted by Crippen LogP contribution is -2.43. The first-order chi connectivity index (χ1) is 8.20. The monoisotopic (exact) mass is 289 g/mol. The summed E-state index contributed by atoms with van der Waals surface area (Å²) >= 11 is 1.63. The van der Waals surface area contributed by atoms with Crippen LogP contribution in [0.4, 0.5) is 5.13 Å². The number of anilines is 1. The van der Waals surface area contributed by atoms with Crippen LogP contribution in [-0.2, 0) is 6.54 Å². The van der Waals surface area contributed by atoms with Crippen molar-refractivity contribution in [1.82, 2.24) is 9.88 Å². The van der Waals surface area contributed by atoms with Gasteiger partial charge in [0, 0.05) is 23.7 Å². The summed E-state index contributed by atoms with van der Waals surface area (Å²) < 4.78 is 0. The van der Waals surface area contributed by atoms with Gasteiger partial charge in [0.15, 0.2) is 5.13 Å². The highest BCUT2D eigenvalue weighted by Gasteiger charge is 2.27. The van der Waals surface area contributed by atoms with Gasteiger partial charge in [0.2, 0.25) is 0 Å². The van der Waals surface area contributed by atoms with Gasteiger partial charge in [-0.1, -0.05) is 20.3 Å². The van der Waals surface area contributed by atoms with Crippen molar-refractivity contribution < 1.29 is 0 Å². The lowest BCUT2D eigenvalue weighted by Gasteiger charge is -2.39. The van der Waals surface area contributed by atoms with Gasteiger partial charge in [-0.2, -0.15) is 0 Å². The predicted octanol–water partition coefficient (Wildman–Crippen LogP) is 3.55. The maximum absolute atomic E-state index is 5.69. The van der Waals surface area contributed by atoms with Gasteiger partial charge in [0.1, 0.15) is 0 Å². The third kappa shape index (κ3) is 3.84. The molecular weight excluding hydrogens is 266 g/mol. The molecule has 0 aromatic carbocycles. The molecule has 1 aromatic heterocycles. The number of nitrogens with two attached hydrogens (primary N) is 1. The van der Waals surface area contributed by atoms with Gasteiger partial charge in [0.25, 0.3) is 0 Å². The number of nitrogen functional groups attached to an aromatic ring is 1. The van der Waals surface area contributed by atoms with Crippen LogP contribution in [0.3, 0.4) is 0 Å². The summed E-state index contributed by atoms with van der Waals surface area (Å²) in [5.74, 6) is 0.828. The highest BCUT2D eigenvalue weighted by atomic mass is 35.5. The second-order valence-electron chi connectivity index (χ2n) is 5.11. The number of thiazole rings is 1. The maximum Gasteiger partial charge on any atom is 0.180 e. The maximum atomic E-state index is 5.69. The molecule has 0 radical (unpaired) electrons. The average molecular weight is 290 g/mol. The summed E-state index contributed by atoms with van der Waals surface area (Å²) in [6, 6.07) is 0.747. The summed E-state index contributed by atoms with van der Waals surface area (Å²) in [6.07, 6.45) is 7.23. The van der Waals surface area contributed by atoms with E-state index in [2.05, 4.69) is 23.7 Å². The van der Waals surface area contributed by atoms with Gasteiger partial charge in [-0.3, -0.25) is 4.90 Å². The molecular formula is C13H24ClN3S. The number of piperidine rings is 1. The van der Waals surface area contributed by atoms with Crippen molar-refractivity contribution in [2.24, 2.45) is 5.92 Å². The molecule has 1 fully saturated rings. The topological polar surface area (TPSA) is 42.2 Å². The number of aromatic nitrogens is 1. The van der Waals surface area contributed by atoms with E-state index in [4.69, 9.17) is 5.73 Å². The number of likely N-dealkylation sites (tertiary alicyclic amines) is 1. The molecule has 2 heterocycles. The Morgan fingerprint density at radius 1 is 1.56 bits per heavy atom. The van der Waals surface area contributed by atoms with Crippen LogP contribution in [-0.4, -0.2) is 22.5 Å². The van der Waals surface area contributed by atoms with Crippen LogP contribution in [0.25, 0.3) is 0 Å². The van der Waals surface area contributed by atoms with Crippen LogP contribution in [0.5, 0.6) is 0 Å². The molecule has 1 aliphatic heterocycles. The number of halogens is 1. The molecule has 1 aliphatic rings. The molecule has 0 saturated carbocycles. The molecule has 0 spiro atoms. The van der Waals surface area contributed by atoms with Crippen LogP contribution in [0.2, 0.25) is 0 Å². The molecule has 2 unspecified atom stereocenters. The third-order valence-electron chi connectivity index (χ3n) is 3.75. The van der Waals surface area contributed by atoms with Gasteiger partial charge < -0.3 is 5.73 Å². The Morgan fingerprint density at radius 2 is 2.33 bits per heavy atom. The number of rotatable bonds is 4. The normalized spacial score (nSPS) is 24.8. The molecule has 2 N–H and O–H groups in total. The van der Waals surface area contributed by atoms with Crippen LogP contribution in [0.15, 0.2) is 6.20 Å². The Morgan fingerprint density at radius 3 is 2.94 bits per heavy atom. The zero-order chi connectivity index (χ0) is 12.3. The number of nitrogens with zero attached hydrogens (tertiary/aromatic N) is 2.